The molecule has 0 saturated heterocycles. The predicted octanol–water partition coefficient (Wildman–Crippen LogP) is 7.26. The Morgan fingerprint density at radius 1 is 0.800 bits per heavy atom. The van der Waals surface area contributed by atoms with Gasteiger partial charge in [0.2, 0.25) is 5.91 Å². The van der Waals surface area contributed by atoms with E-state index < -0.39 is 26.6 Å². The van der Waals surface area contributed by atoms with E-state index in [1.807, 2.05) is 39.4 Å². The topological polar surface area (TPSA) is 108 Å². The summed E-state index contributed by atoms with van der Waals surface area (Å²) in [7, 11) is 1.16. The number of carbonyl (C=O) groups is 1. The number of carbonyl (C=O) groups excluding carboxylic acids is 1. The maximum absolute atomic E-state index is 12.6. The molecule has 3 unspecified atom stereocenters. The number of phosphoric ester groups is 1. The number of hydrogen-bond donors (Lipinski definition) is 2. The summed E-state index contributed by atoms with van der Waals surface area (Å²) in [6.07, 6.45) is 36.8. The molecule has 256 valence electrons. The van der Waals surface area contributed by atoms with E-state index in [0.29, 0.717) is 17.4 Å². The third-order valence-corrected chi connectivity index (χ3v) is 7.33. The number of unbranched alkanes of at least 4 members (excludes halogenated alkanes) is 3. The summed E-state index contributed by atoms with van der Waals surface area (Å²) in [5.74, 6) is -0.344. The fourth-order valence-corrected chi connectivity index (χ4v) is 4.41. The first-order valence-corrected chi connectivity index (χ1v) is 17.9. The van der Waals surface area contributed by atoms with Gasteiger partial charge in [0.1, 0.15) is 13.2 Å². The lowest BCUT2D eigenvalue weighted by Crippen LogP contribution is -2.45. The fourth-order valence-electron chi connectivity index (χ4n) is 3.69. The fraction of sp³-hybridized carbons (Fsp3) is 0.583. The largest absolute Gasteiger partial charge is 0.756 e. The summed E-state index contributed by atoms with van der Waals surface area (Å²) in [4.78, 5) is 24.9. The van der Waals surface area contributed by atoms with Gasteiger partial charge in [0.05, 0.1) is 39.9 Å². The van der Waals surface area contributed by atoms with Gasteiger partial charge in [-0.05, 0) is 51.4 Å². The molecular weight excluding hydrogens is 587 g/mol. The van der Waals surface area contributed by atoms with Crippen molar-refractivity contribution in [2.45, 2.75) is 96.6 Å². The van der Waals surface area contributed by atoms with Crippen LogP contribution >= 0.6 is 7.82 Å². The van der Waals surface area contributed by atoms with Crippen LogP contribution in [0.15, 0.2) is 85.1 Å². The molecule has 0 rings (SSSR count). The number of quaternary nitrogens is 1. The minimum atomic E-state index is -4.61. The van der Waals surface area contributed by atoms with E-state index >= 15 is 0 Å². The summed E-state index contributed by atoms with van der Waals surface area (Å²) in [5, 5.41) is 13.4. The van der Waals surface area contributed by atoms with E-state index in [1.165, 1.54) is 0 Å². The Balaban J connectivity index is 4.80. The Hall–Kier alpha value is -2.32. The van der Waals surface area contributed by atoms with Gasteiger partial charge in [-0.15, -0.1) is 0 Å². The number of nitrogens with one attached hydrogen (secondary N) is 1. The molecular formula is C36H61N2O6P. The van der Waals surface area contributed by atoms with E-state index in [1.54, 1.807) is 12.2 Å². The van der Waals surface area contributed by atoms with Crippen molar-refractivity contribution in [3.63, 3.8) is 0 Å². The maximum atomic E-state index is 12.6. The maximum Gasteiger partial charge on any atom is 0.268 e. The van der Waals surface area contributed by atoms with Gasteiger partial charge in [-0.2, -0.15) is 0 Å². The molecule has 0 aliphatic rings. The van der Waals surface area contributed by atoms with Crippen LogP contribution < -0.4 is 10.2 Å². The van der Waals surface area contributed by atoms with Crippen LogP contribution in [0.25, 0.3) is 0 Å². The summed E-state index contributed by atoms with van der Waals surface area (Å²) in [6.45, 7) is 4.29. The highest BCUT2D eigenvalue weighted by atomic mass is 31.2. The van der Waals surface area contributed by atoms with Crippen LogP contribution in [0.5, 0.6) is 0 Å². The summed E-state index contributed by atoms with van der Waals surface area (Å²) in [6, 6.07) is -0.958. The third kappa shape index (κ3) is 30.1. The predicted molar refractivity (Wildman–Crippen MR) is 186 cm³/mol. The third-order valence-electron chi connectivity index (χ3n) is 6.37. The van der Waals surface area contributed by atoms with E-state index in [9.17, 15) is 19.4 Å². The molecule has 0 bridgehead atoms. The van der Waals surface area contributed by atoms with Crippen LogP contribution in [-0.2, 0) is 18.4 Å². The number of hydrogen-bond acceptors (Lipinski definition) is 6. The molecule has 0 radical (unpaired) electrons. The average molecular weight is 649 g/mol. The van der Waals surface area contributed by atoms with Crippen molar-refractivity contribution in [2.24, 2.45) is 0 Å². The quantitative estimate of drug-likeness (QED) is 0.0420. The van der Waals surface area contributed by atoms with Gasteiger partial charge in [-0.1, -0.05) is 112 Å². The minimum absolute atomic E-state index is 0.0282. The van der Waals surface area contributed by atoms with Crippen LogP contribution in [0.2, 0.25) is 0 Å². The summed E-state index contributed by atoms with van der Waals surface area (Å²) in [5.41, 5.74) is 0. The molecule has 0 aliphatic heterocycles. The highest BCUT2D eigenvalue weighted by molar-refractivity contribution is 7.45. The van der Waals surface area contributed by atoms with Crippen LogP contribution in [0.1, 0.15) is 84.5 Å². The van der Waals surface area contributed by atoms with E-state index in [2.05, 4.69) is 73.8 Å². The first kappa shape index (κ1) is 42.7. The van der Waals surface area contributed by atoms with Gasteiger partial charge in [-0.3, -0.25) is 9.36 Å². The van der Waals surface area contributed by atoms with Crippen molar-refractivity contribution >= 4 is 13.7 Å². The zero-order chi connectivity index (χ0) is 33.7. The summed E-state index contributed by atoms with van der Waals surface area (Å²) >= 11 is 0. The first-order valence-electron chi connectivity index (χ1n) is 16.4. The monoisotopic (exact) mass is 648 g/mol. The molecule has 9 heteroatoms. The van der Waals surface area contributed by atoms with E-state index in [4.69, 9.17) is 9.05 Å². The molecule has 0 heterocycles. The molecule has 1 amide bonds. The molecule has 45 heavy (non-hydrogen) atoms. The minimum Gasteiger partial charge on any atom is -0.756 e. The number of aliphatic hydroxyl groups is 1. The second-order valence-corrected chi connectivity index (χ2v) is 13.2. The van der Waals surface area contributed by atoms with E-state index in [-0.39, 0.29) is 18.9 Å². The molecule has 8 nitrogen and oxygen atoms in total. The van der Waals surface area contributed by atoms with Crippen LogP contribution in [-0.4, -0.2) is 68.5 Å². The molecule has 0 fully saturated rings. The van der Waals surface area contributed by atoms with Crippen molar-refractivity contribution in [1.82, 2.24) is 5.32 Å². The normalized spacial score (nSPS) is 16.0. The molecule has 0 aromatic rings. The number of allylic oxidation sites excluding steroid dienone is 12. The van der Waals surface area contributed by atoms with Gasteiger partial charge in [0.25, 0.3) is 7.82 Å². The van der Waals surface area contributed by atoms with Gasteiger partial charge < -0.3 is 28.8 Å². The Bertz CT molecular complexity index is 1010. The van der Waals surface area contributed by atoms with Gasteiger partial charge in [-0.25, -0.2) is 0 Å². The Labute approximate surface area is 274 Å². The number of aliphatic hydroxyl groups excluding tert-OH is 1. The zero-order valence-corrected chi connectivity index (χ0v) is 29.4. The Morgan fingerprint density at radius 2 is 1.33 bits per heavy atom. The van der Waals surface area contributed by atoms with Crippen molar-refractivity contribution < 1.29 is 32.9 Å². The van der Waals surface area contributed by atoms with Crippen molar-refractivity contribution in [3.05, 3.63) is 85.1 Å². The van der Waals surface area contributed by atoms with Crippen LogP contribution in [0.4, 0.5) is 0 Å². The number of rotatable bonds is 27. The highest BCUT2D eigenvalue weighted by Gasteiger charge is 2.22. The molecule has 0 aromatic carbocycles. The van der Waals surface area contributed by atoms with Crippen molar-refractivity contribution in [3.8, 4) is 0 Å². The summed E-state index contributed by atoms with van der Waals surface area (Å²) < 4.78 is 22.9. The molecule has 3 atom stereocenters. The van der Waals surface area contributed by atoms with Gasteiger partial charge in [0.15, 0.2) is 0 Å². The Kier molecular flexibility index (Phi) is 26.5. The van der Waals surface area contributed by atoms with Gasteiger partial charge >= 0.3 is 0 Å². The number of phosphoric acid groups is 1. The lowest BCUT2D eigenvalue weighted by atomic mass is 10.1. The van der Waals surface area contributed by atoms with Gasteiger partial charge in [0, 0.05) is 6.42 Å². The van der Waals surface area contributed by atoms with Crippen molar-refractivity contribution in [2.75, 3.05) is 40.9 Å². The zero-order valence-electron chi connectivity index (χ0n) is 28.5. The van der Waals surface area contributed by atoms with Crippen LogP contribution in [0.3, 0.4) is 0 Å². The van der Waals surface area contributed by atoms with Crippen molar-refractivity contribution in [1.29, 1.82) is 0 Å². The SMILES string of the molecule is CC/C=C\C/C=C\C/C=C\C/C=C\C/C=C\CC(=O)NC(COP(=O)([O-])OCC[N+](C)(C)C)C(O)/C=C/CC/C=C/CCCC. The van der Waals surface area contributed by atoms with Crippen LogP contribution in [0, 0.1) is 0 Å². The average Bonchev–Trinajstić information content (AvgIpc) is 2.97. The Morgan fingerprint density at radius 3 is 1.89 bits per heavy atom. The van der Waals surface area contributed by atoms with E-state index in [0.717, 1.165) is 57.8 Å². The smallest absolute Gasteiger partial charge is 0.268 e. The second-order valence-electron chi connectivity index (χ2n) is 11.8. The lowest BCUT2D eigenvalue weighted by Gasteiger charge is -2.29. The molecule has 0 aromatic heterocycles. The standard InChI is InChI=1S/C36H61N2O6P/c1-6-8-10-12-14-16-17-18-19-20-21-22-24-26-28-30-36(40)37-34(33-44-45(41,42)43-32-31-38(3,4)5)35(39)29-27-25-23-15-13-11-9-7-2/h8,10,13-16,18-19,21-22,26-29,34-35,39H,6-7,9,11-12,17,20,23-25,30-33H2,1-5H3,(H-,37,40,41,42)/b10-8-,15-13+,16-14-,19-18-,22-21-,28-26-,29-27+. The number of likely N-dealkylation sites (N-methyl/N-ethyl adjacent to an activating group) is 1. The number of nitrogens with zero attached hydrogens (tertiary/aromatic N) is 1. The molecule has 0 saturated carbocycles. The molecule has 0 aliphatic carbocycles. The molecule has 0 spiro atoms. The highest BCUT2D eigenvalue weighted by Crippen LogP contribution is 2.38. The molecule has 2 N–H and O–H groups in total. The first-order chi connectivity index (χ1) is 21.5. The number of amides is 1. The second kappa shape index (κ2) is 27.9. The lowest BCUT2D eigenvalue weighted by molar-refractivity contribution is -0.870.